The monoisotopic (exact) mass is 340 g/mol. The van der Waals surface area contributed by atoms with Crippen molar-refractivity contribution in [2.75, 3.05) is 32.8 Å². The predicted octanol–water partition coefficient (Wildman–Crippen LogP) is 3.57. The van der Waals surface area contributed by atoms with Crippen LogP contribution in [0.4, 0.5) is 0 Å². The Balaban J connectivity index is 1.39. The van der Waals surface area contributed by atoms with Crippen molar-refractivity contribution in [3.63, 3.8) is 0 Å². The molecule has 1 saturated carbocycles. The molecule has 1 aromatic carbocycles. The summed E-state index contributed by atoms with van der Waals surface area (Å²) in [5.41, 5.74) is 1.33. The first kappa shape index (κ1) is 16.8. The minimum atomic E-state index is 0.299. The molecule has 2 fully saturated rings. The Morgan fingerprint density at radius 1 is 1.12 bits per heavy atom. The lowest BCUT2D eigenvalue weighted by molar-refractivity contribution is 0.0332. The van der Waals surface area contributed by atoms with Crippen LogP contribution in [0.1, 0.15) is 42.4 Å². The van der Waals surface area contributed by atoms with E-state index in [2.05, 4.69) is 59.6 Å². The molecule has 2 aliphatic rings. The Morgan fingerprint density at radius 2 is 1.88 bits per heavy atom. The van der Waals surface area contributed by atoms with Crippen LogP contribution in [-0.4, -0.2) is 37.7 Å². The normalized spacial score (nSPS) is 25.0. The lowest BCUT2D eigenvalue weighted by atomic mass is 10.1. The lowest BCUT2D eigenvalue weighted by Crippen LogP contribution is -2.41. The minimum Gasteiger partial charge on any atom is -0.464 e. The molecule has 4 heteroatoms. The van der Waals surface area contributed by atoms with Crippen molar-refractivity contribution in [2.45, 2.75) is 31.8 Å². The van der Waals surface area contributed by atoms with Crippen molar-refractivity contribution in [3.8, 4) is 0 Å². The van der Waals surface area contributed by atoms with E-state index in [1.165, 1.54) is 12.0 Å². The highest BCUT2D eigenvalue weighted by Gasteiger charge is 2.36. The molecule has 0 radical (unpaired) electrons. The van der Waals surface area contributed by atoms with Crippen molar-refractivity contribution < 1.29 is 9.15 Å². The molecular weight excluding hydrogens is 312 g/mol. The van der Waals surface area contributed by atoms with Gasteiger partial charge in [-0.15, -0.1) is 0 Å². The van der Waals surface area contributed by atoms with E-state index in [1.54, 1.807) is 0 Å². The summed E-state index contributed by atoms with van der Waals surface area (Å²) in [5, 5.41) is 3.71. The van der Waals surface area contributed by atoms with Gasteiger partial charge in [-0.05, 0) is 30.0 Å². The van der Waals surface area contributed by atoms with E-state index in [4.69, 9.17) is 9.15 Å². The van der Waals surface area contributed by atoms with E-state index < -0.39 is 0 Å². The molecule has 1 N–H and O–H groups in total. The minimum absolute atomic E-state index is 0.299. The fourth-order valence-electron chi connectivity index (χ4n) is 3.65. The second-order valence-electron chi connectivity index (χ2n) is 7.38. The second kappa shape index (κ2) is 7.73. The molecule has 1 aliphatic heterocycles. The highest BCUT2D eigenvalue weighted by atomic mass is 16.5. The largest absolute Gasteiger partial charge is 0.464 e. The average Bonchev–Trinajstić information content (AvgIpc) is 3.20. The quantitative estimate of drug-likeness (QED) is 0.836. The first-order valence-corrected chi connectivity index (χ1v) is 9.46. The van der Waals surface area contributed by atoms with Gasteiger partial charge in [-0.3, -0.25) is 4.90 Å². The van der Waals surface area contributed by atoms with E-state index >= 15 is 0 Å². The predicted molar refractivity (Wildman–Crippen MR) is 98.5 cm³/mol. The molecule has 25 heavy (non-hydrogen) atoms. The molecule has 0 spiro atoms. The van der Waals surface area contributed by atoms with Crippen molar-refractivity contribution in [1.82, 2.24) is 10.2 Å². The topological polar surface area (TPSA) is 37.6 Å². The highest BCUT2D eigenvalue weighted by molar-refractivity contribution is 5.20. The number of nitrogens with one attached hydrogen (secondary N) is 1. The number of benzene rings is 1. The summed E-state index contributed by atoms with van der Waals surface area (Å²) in [4.78, 5) is 2.48. The number of furan rings is 1. The van der Waals surface area contributed by atoms with E-state index in [0.717, 1.165) is 56.8 Å². The lowest BCUT2D eigenvalue weighted by Gasteiger charge is -2.31. The fourth-order valence-corrected chi connectivity index (χ4v) is 3.65. The standard InChI is InChI=1S/C21H28N2O2/c1-16-13-19(16)21-8-7-18(25-21)14-22-20(17-5-3-2-4-6-17)15-23-9-11-24-12-10-23/h2-8,16,19-20,22H,9-15H2,1H3. The van der Waals surface area contributed by atoms with E-state index in [0.29, 0.717) is 12.0 Å². The molecule has 3 atom stereocenters. The first-order valence-electron chi connectivity index (χ1n) is 9.46. The van der Waals surface area contributed by atoms with Crippen LogP contribution in [0, 0.1) is 5.92 Å². The van der Waals surface area contributed by atoms with Gasteiger partial charge in [0.2, 0.25) is 0 Å². The number of hydrogen-bond acceptors (Lipinski definition) is 4. The number of rotatable bonds is 7. The molecule has 134 valence electrons. The molecule has 0 bridgehead atoms. The number of morpholine rings is 1. The number of hydrogen-bond donors (Lipinski definition) is 1. The Hall–Kier alpha value is -1.62. The Labute approximate surface area is 150 Å². The van der Waals surface area contributed by atoms with Gasteiger partial charge in [0.1, 0.15) is 11.5 Å². The third-order valence-electron chi connectivity index (χ3n) is 5.43. The first-order chi connectivity index (χ1) is 12.3. The maximum absolute atomic E-state index is 6.06. The fraction of sp³-hybridized carbons (Fsp3) is 0.524. The van der Waals surface area contributed by atoms with Gasteiger partial charge in [-0.1, -0.05) is 37.3 Å². The van der Waals surface area contributed by atoms with Gasteiger partial charge in [-0.25, -0.2) is 0 Å². The van der Waals surface area contributed by atoms with Crippen LogP contribution in [-0.2, 0) is 11.3 Å². The summed E-state index contributed by atoms with van der Waals surface area (Å²) in [6, 6.07) is 15.3. The Kier molecular flexibility index (Phi) is 5.20. The van der Waals surface area contributed by atoms with Gasteiger partial charge in [0, 0.05) is 31.6 Å². The Morgan fingerprint density at radius 3 is 2.60 bits per heavy atom. The van der Waals surface area contributed by atoms with Crippen molar-refractivity contribution in [2.24, 2.45) is 5.92 Å². The summed E-state index contributed by atoms with van der Waals surface area (Å²) in [7, 11) is 0. The molecular formula is C21H28N2O2. The number of ether oxygens (including phenoxy) is 1. The van der Waals surface area contributed by atoms with Crippen LogP contribution < -0.4 is 5.32 Å². The zero-order valence-corrected chi connectivity index (χ0v) is 15.0. The molecule has 2 aromatic rings. The van der Waals surface area contributed by atoms with Crippen molar-refractivity contribution in [3.05, 3.63) is 59.5 Å². The number of nitrogens with zero attached hydrogens (tertiary/aromatic N) is 1. The van der Waals surface area contributed by atoms with Gasteiger partial charge in [0.05, 0.1) is 19.8 Å². The molecule has 2 heterocycles. The summed E-state index contributed by atoms with van der Waals surface area (Å²) in [6.45, 7) is 7.75. The molecule has 1 aromatic heterocycles. The third kappa shape index (κ3) is 4.32. The average molecular weight is 340 g/mol. The summed E-state index contributed by atoms with van der Waals surface area (Å²) in [5.74, 6) is 3.63. The van der Waals surface area contributed by atoms with Crippen LogP contribution in [0.5, 0.6) is 0 Å². The zero-order valence-electron chi connectivity index (χ0n) is 15.0. The van der Waals surface area contributed by atoms with Crippen LogP contribution >= 0.6 is 0 Å². The molecule has 3 unspecified atom stereocenters. The van der Waals surface area contributed by atoms with Gasteiger partial charge in [0.25, 0.3) is 0 Å². The van der Waals surface area contributed by atoms with Crippen LogP contribution in [0.2, 0.25) is 0 Å². The van der Waals surface area contributed by atoms with Crippen molar-refractivity contribution in [1.29, 1.82) is 0 Å². The summed E-state index contributed by atoms with van der Waals surface area (Å²) in [6.07, 6.45) is 1.27. The van der Waals surface area contributed by atoms with Crippen LogP contribution in [0.3, 0.4) is 0 Å². The molecule has 4 rings (SSSR count). The molecule has 4 nitrogen and oxygen atoms in total. The van der Waals surface area contributed by atoms with Gasteiger partial charge in [-0.2, -0.15) is 0 Å². The maximum Gasteiger partial charge on any atom is 0.117 e. The third-order valence-corrected chi connectivity index (χ3v) is 5.43. The smallest absolute Gasteiger partial charge is 0.117 e. The summed E-state index contributed by atoms with van der Waals surface area (Å²) < 4.78 is 11.5. The Bertz CT molecular complexity index is 664. The van der Waals surface area contributed by atoms with Gasteiger partial charge < -0.3 is 14.5 Å². The maximum atomic E-state index is 6.06. The van der Waals surface area contributed by atoms with Crippen LogP contribution in [0.15, 0.2) is 46.9 Å². The summed E-state index contributed by atoms with van der Waals surface area (Å²) >= 11 is 0. The molecule has 1 saturated heterocycles. The SMILES string of the molecule is CC1CC1c1ccc(CNC(CN2CCOCC2)c2ccccc2)o1. The zero-order chi connectivity index (χ0) is 17.1. The highest BCUT2D eigenvalue weighted by Crippen LogP contribution is 2.47. The van der Waals surface area contributed by atoms with E-state index in [-0.39, 0.29) is 0 Å². The van der Waals surface area contributed by atoms with Gasteiger partial charge >= 0.3 is 0 Å². The van der Waals surface area contributed by atoms with Crippen LogP contribution in [0.25, 0.3) is 0 Å². The second-order valence-corrected chi connectivity index (χ2v) is 7.38. The molecule has 1 aliphatic carbocycles. The van der Waals surface area contributed by atoms with Gasteiger partial charge in [0.15, 0.2) is 0 Å². The van der Waals surface area contributed by atoms with E-state index in [1.807, 2.05) is 0 Å². The van der Waals surface area contributed by atoms with Crippen molar-refractivity contribution >= 4 is 0 Å². The van der Waals surface area contributed by atoms with E-state index in [9.17, 15) is 0 Å². The molecule has 0 amide bonds.